The van der Waals surface area contributed by atoms with Gasteiger partial charge >= 0.3 is 6.16 Å². The van der Waals surface area contributed by atoms with Crippen molar-refractivity contribution in [2.45, 2.75) is 25.6 Å². The maximum Gasteiger partial charge on any atom is 0.509 e. The first-order valence-corrected chi connectivity index (χ1v) is 5.71. The zero-order valence-electron chi connectivity index (χ0n) is 10.3. The number of carbonyl (C=O) groups excluding carboxylic acids is 1. The van der Waals surface area contributed by atoms with E-state index in [1.807, 2.05) is 32.0 Å². The van der Waals surface area contributed by atoms with Crippen LogP contribution in [0.15, 0.2) is 18.2 Å². The molecular weight excluding hydrogens is 236 g/mol. The van der Waals surface area contributed by atoms with Crippen molar-refractivity contribution in [1.82, 2.24) is 0 Å². The summed E-state index contributed by atoms with van der Waals surface area (Å²) in [5.41, 5.74) is 1.20. The van der Waals surface area contributed by atoms with Crippen molar-refractivity contribution in [2.75, 3.05) is 13.2 Å². The van der Waals surface area contributed by atoms with Gasteiger partial charge in [-0.25, -0.2) is 4.79 Å². The fourth-order valence-electron chi connectivity index (χ4n) is 2.29. The van der Waals surface area contributed by atoms with Crippen LogP contribution in [0.1, 0.15) is 22.8 Å². The van der Waals surface area contributed by atoms with Gasteiger partial charge in [0, 0.05) is 5.56 Å². The van der Waals surface area contributed by atoms with Crippen LogP contribution in [0.5, 0.6) is 0 Å². The van der Waals surface area contributed by atoms with Crippen LogP contribution >= 0.6 is 0 Å². The molecule has 1 fully saturated rings. The van der Waals surface area contributed by atoms with Gasteiger partial charge < -0.3 is 19.7 Å². The predicted molar refractivity (Wildman–Crippen MR) is 63.1 cm³/mol. The van der Waals surface area contributed by atoms with E-state index in [1.54, 1.807) is 0 Å². The molecule has 18 heavy (non-hydrogen) atoms. The summed E-state index contributed by atoms with van der Waals surface area (Å²) in [6.45, 7) is 2.78. The molecule has 1 atom stereocenters. The van der Waals surface area contributed by atoms with Crippen LogP contribution in [0.3, 0.4) is 0 Å². The third-order valence-corrected chi connectivity index (χ3v) is 3.32. The van der Waals surface area contributed by atoms with Crippen LogP contribution in [-0.2, 0) is 9.47 Å². The molecule has 0 saturated carbocycles. The van der Waals surface area contributed by atoms with Crippen LogP contribution in [-0.4, -0.2) is 35.2 Å². The summed E-state index contributed by atoms with van der Waals surface area (Å²) in [7, 11) is 0. The summed E-state index contributed by atoms with van der Waals surface area (Å²) in [5.74, 6) is 0. The largest absolute Gasteiger partial charge is 0.509 e. The molecule has 0 radical (unpaired) electrons. The highest BCUT2D eigenvalue weighted by Crippen LogP contribution is 2.41. The molecule has 1 aromatic carbocycles. The summed E-state index contributed by atoms with van der Waals surface area (Å²) in [5, 5.41) is 18.9. The molecule has 5 heteroatoms. The Bertz CT molecular complexity index is 444. The summed E-state index contributed by atoms with van der Waals surface area (Å²) in [6, 6.07) is 5.66. The van der Waals surface area contributed by atoms with E-state index in [2.05, 4.69) is 0 Å². The molecule has 0 bridgehead atoms. The number of aliphatic hydroxyl groups is 2. The zero-order chi connectivity index (χ0) is 13.3. The Labute approximate surface area is 105 Å². The first-order valence-electron chi connectivity index (χ1n) is 5.71. The Morgan fingerprint density at radius 1 is 1.22 bits per heavy atom. The number of aliphatic hydroxyl groups excluding tert-OH is 2. The van der Waals surface area contributed by atoms with Gasteiger partial charge in [0.25, 0.3) is 0 Å². The number of ether oxygens (including phenoxy) is 2. The van der Waals surface area contributed by atoms with E-state index >= 15 is 0 Å². The van der Waals surface area contributed by atoms with Gasteiger partial charge in [-0.15, -0.1) is 0 Å². The first-order chi connectivity index (χ1) is 8.54. The fourth-order valence-corrected chi connectivity index (χ4v) is 2.29. The zero-order valence-corrected chi connectivity index (χ0v) is 10.3. The van der Waals surface area contributed by atoms with Crippen molar-refractivity contribution >= 4 is 6.16 Å². The van der Waals surface area contributed by atoms with Gasteiger partial charge in [-0.1, -0.05) is 18.2 Å². The number of carbonyl (C=O) groups is 1. The van der Waals surface area contributed by atoms with E-state index in [-0.39, 0.29) is 0 Å². The summed E-state index contributed by atoms with van der Waals surface area (Å²) >= 11 is 0. The van der Waals surface area contributed by atoms with Gasteiger partial charge in [0.15, 0.2) is 6.10 Å². The number of hydrogen-bond donors (Lipinski definition) is 2. The molecule has 0 aliphatic carbocycles. The van der Waals surface area contributed by atoms with E-state index in [9.17, 15) is 15.0 Å². The average Bonchev–Trinajstić information content (AvgIpc) is 2.67. The number of rotatable bonds is 3. The highest BCUT2D eigenvalue weighted by Gasteiger charge is 2.52. The van der Waals surface area contributed by atoms with Crippen molar-refractivity contribution in [1.29, 1.82) is 0 Å². The van der Waals surface area contributed by atoms with Gasteiger partial charge in [-0.3, -0.25) is 0 Å². The van der Waals surface area contributed by atoms with E-state index < -0.39 is 31.1 Å². The Balaban J connectivity index is 2.51. The first kappa shape index (κ1) is 12.9. The molecule has 2 N–H and O–H groups in total. The maximum atomic E-state index is 11.3. The van der Waals surface area contributed by atoms with Gasteiger partial charge in [0.1, 0.15) is 0 Å². The van der Waals surface area contributed by atoms with Crippen LogP contribution in [0.4, 0.5) is 4.79 Å². The second kappa shape index (κ2) is 4.59. The Kier molecular flexibility index (Phi) is 3.28. The smallest absolute Gasteiger partial charge is 0.422 e. The standard InChI is InChI=1S/C13H16O5/c1-8-4-3-5-9(2)10(8)11-13(6-14,7-15)18-12(16)17-11/h3-5,11,14-15H,6-7H2,1-2H3/t11-/m1/s1. The maximum absolute atomic E-state index is 11.3. The van der Waals surface area contributed by atoms with E-state index in [0.29, 0.717) is 0 Å². The fraction of sp³-hybridized carbons (Fsp3) is 0.462. The quantitative estimate of drug-likeness (QED) is 0.791. The van der Waals surface area contributed by atoms with E-state index in [4.69, 9.17) is 9.47 Å². The minimum atomic E-state index is -1.41. The molecule has 1 saturated heterocycles. The molecule has 1 heterocycles. The molecule has 5 nitrogen and oxygen atoms in total. The molecule has 1 aromatic rings. The number of aryl methyl sites for hydroxylation is 2. The molecule has 1 aliphatic rings. The SMILES string of the molecule is Cc1cccc(C)c1[C@H]1OC(=O)OC1(CO)CO. The van der Waals surface area contributed by atoms with E-state index in [1.165, 1.54) is 0 Å². The summed E-state index contributed by atoms with van der Waals surface area (Å²) in [6.07, 6.45) is -1.66. The van der Waals surface area contributed by atoms with Crippen molar-refractivity contribution in [2.24, 2.45) is 0 Å². The topological polar surface area (TPSA) is 76.0 Å². The van der Waals surface area contributed by atoms with Crippen LogP contribution in [0.25, 0.3) is 0 Å². The normalized spacial score (nSPS) is 21.6. The minimum absolute atomic E-state index is 0.492. The summed E-state index contributed by atoms with van der Waals surface area (Å²) < 4.78 is 10.1. The molecule has 0 amide bonds. The van der Waals surface area contributed by atoms with Crippen LogP contribution in [0, 0.1) is 13.8 Å². The molecule has 0 unspecified atom stereocenters. The minimum Gasteiger partial charge on any atom is -0.422 e. The molecular formula is C13H16O5. The second-order valence-corrected chi connectivity index (χ2v) is 4.54. The number of hydrogen-bond acceptors (Lipinski definition) is 5. The molecule has 0 aromatic heterocycles. The Morgan fingerprint density at radius 2 is 1.78 bits per heavy atom. The lowest BCUT2D eigenvalue weighted by molar-refractivity contribution is -0.0605. The lowest BCUT2D eigenvalue weighted by Gasteiger charge is -2.28. The lowest BCUT2D eigenvalue weighted by Crippen LogP contribution is -2.43. The van der Waals surface area contributed by atoms with Gasteiger partial charge in [0.2, 0.25) is 5.60 Å². The van der Waals surface area contributed by atoms with Crippen LogP contribution < -0.4 is 0 Å². The predicted octanol–water partition coefficient (Wildman–Crippen LogP) is 1.23. The van der Waals surface area contributed by atoms with Gasteiger partial charge in [0.05, 0.1) is 13.2 Å². The third kappa shape index (κ3) is 1.85. The molecule has 2 rings (SSSR count). The highest BCUT2D eigenvalue weighted by atomic mass is 16.8. The molecule has 0 spiro atoms. The van der Waals surface area contributed by atoms with Crippen molar-refractivity contribution in [3.8, 4) is 0 Å². The highest BCUT2D eigenvalue weighted by molar-refractivity contribution is 5.64. The number of benzene rings is 1. The summed E-state index contributed by atoms with van der Waals surface area (Å²) in [4.78, 5) is 11.3. The lowest BCUT2D eigenvalue weighted by atomic mass is 9.87. The molecule has 98 valence electrons. The molecule has 1 aliphatic heterocycles. The van der Waals surface area contributed by atoms with Gasteiger partial charge in [-0.2, -0.15) is 0 Å². The van der Waals surface area contributed by atoms with Crippen molar-refractivity contribution in [3.05, 3.63) is 34.9 Å². The second-order valence-electron chi connectivity index (χ2n) is 4.54. The Hall–Kier alpha value is -1.59. The third-order valence-electron chi connectivity index (χ3n) is 3.32. The Morgan fingerprint density at radius 3 is 2.28 bits per heavy atom. The number of cyclic esters (lactones) is 2. The van der Waals surface area contributed by atoms with Crippen LogP contribution in [0.2, 0.25) is 0 Å². The van der Waals surface area contributed by atoms with Crippen molar-refractivity contribution < 1.29 is 24.5 Å². The monoisotopic (exact) mass is 252 g/mol. The average molecular weight is 252 g/mol. The van der Waals surface area contributed by atoms with Gasteiger partial charge in [-0.05, 0) is 25.0 Å². The van der Waals surface area contributed by atoms with Crippen molar-refractivity contribution in [3.63, 3.8) is 0 Å². The van der Waals surface area contributed by atoms with E-state index in [0.717, 1.165) is 16.7 Å².